The summed E-state index contributed by atoms with van der Waals surface area (Å²) in [5.41, 5.74) is 4.47. The molecule has 9 heteroatoms. The summed E-state index contributed by atoms with van der Waals surface area (Å²) >= 11 is 0. The van der Waals surface area contributed by atoms with Crippen LogP contribution in [-0.4, -0.2) is 63.4 Å². The first kappa shape index (κ1) is 22.6. The van der Waals surface area contributed by atoms with Gasteiger partial charge < -0.3 is 19.1 Å². The molecule has 1 aromatic carbocycles. The number of carbonyl (C=O) groups is 2. The molecule has 174 valence electrons. The molecule has 33 heavy (non-hydrogen) atoms. The zero-order valence-electron chi connectivity index (χ0n) is 19.1. The van der Waals surface area contributed by atoms with Crippen LogP contribution in [0.3, 0.4) is 0 Å². The maximum absolute atomic E-state index is 12.3. The highest BCUT2D eigenvalue weighted by Crippen LogP contribution is 2.23. The smallest absolute Gasteiger partial charge is 0.410 e. The third kappa shape index (κ3) is 5.25. The van der Waals surface area contributed by atoms with Gasteiger partial charge in [-0.25, -0.2) is 15.3 Å². The summed E-state index contributed by atoms with van der Waals surface area (Å²) in [6.45, 7) is 8.90. The number of pyridine rings is 1. The van der Waals surface area contributed by atoms with Crippen LogP contribution in [0.5, 0.6) is 0 Å². The lowest BCUT2D eigenvalue weighted by Crippen LogP contribution is -2.50. The molecule has 0 radical (unpaired) electrons. The monoisotopic (exact) mass is 451 g/mol. The molecule has 9 nitrogen and oxygen atoms in total. The number of hydroxylamine groups is 1. The molecule has 0 atom stereocenters. The van der Waals surface area contributed by atoms with E-state index in [1.54, 1.807) is 22.5 Å². The first-order valence-electron chi connectivity index (χ1n) is 10.9. The lowest BCUT2D eigenvalue weighted by Gasteiger charge is -2.36. The molecule has 2 N–H and O–H groups in total. The van der Waals surface area contributed by atoms with Crippen molar-refractivity contribution in [1.29, 1.82) is 0 Å². The number of piperazine rings is 1. The third-order valence-electron chi connectivity index (χ3n) is 5.55. The highest BCUT2D eigenvalue weighted by atomic mass is 16.6. The van der Waals surface area contributed by atoms with Crippen LogP contribution in [0.15, 0.2) is 48.8 Å². The lowest BCUT2D eigenvalue weighted by atomic mass is 10.1. The Morgan fingerprint density at radius 1 is 1.09 bits per heavy atom. The van der Waals surface area contributed by atoms with Crippen LogP contribution in [0.4, 0.5) is 10.5 Å². The SMILES string of the molecule is CC(C)(C)OC(=O)N1CCN(c2cnc3c(ccn3Cc3ccc(C(=O)NO)cc3)c2)CC1. The van der Waals surface area contributed by atoms with Gasteiger partial charge in [-0.05, 0) is 50.6 Å². The molecule has 1 fully saturated rings. The average molecular weight is 452 g/mol. The molecule has 3 aromatic rings. The minimum atomic E-state index is -0.533. The van der Waals surface area contributed by atoms with E-state index >= 15 is 0 Å². The van der Waals surface area contributed by atoms with E-state index in [2.05, 4.69) is 15.5 Å². The molecular formula is C24H29N5O4. The van der Waals surface area contributed by atoms with E-state index in [0.717, 1.165) is 35.4 Å². The Hall–Kier alpha value is -3.59. The van der Waals surface area contributed by atoms with Crippen LogP contribution in [-0.2, 0) is 11.3 Å². The Bertz CT molecular complexity index is 1140. The summed E-state index contributed by atoms with van der Waals surface area (Å²) in [6, 6.07) is 11.2. The van der Waals surface area contributed by atoms with Crippen molar-refractivity contribution < 1.29 is 19.5 Å². The van der Waals surface area contributed by atoms with E-state index in [1.165, 1.54) is 0 Å². The van der Waals surface area contributed by atoms with Crippen molar-refractivity contribution in [2.75, 3.05) is 31.1 Å². The fourth-order valence-electron chi connectivity index (χ4n) is 3.86. The second-order valence-electron chi connectivity index (χ2n) is 9.14. The number of rotatable bonds is 4. The molecule has 1 aliphatic rings. The molecular weight excluding hydrogens is 422 g/mol. The fourth-order valence-corrected chi connectivity index (χ4v) is 3.86. The lowest BCUT2D eigenvalue weighted by molar-refractivity contribution is 0.0240. The standard InChI is InChI=1S/C24H29N5O4/c1-24(2,3)33-23(31)28-12-10-27(11-13-28)20-14-19-8-9-29(21(19)25-15-20)16-17-4-6-18(7-5-17)22(30)26-32/h4-9,14-15,32H,10-13,16H2,1-3H3,(H,26,30). The first-order valence-corrected chi connectivity index (χ1v) is 10.9. The van der Waals surface area contributed by atoms with Crippen LogP contribution in [0.2, 0.25) is 0 Å². The number of hydrogen-bond acceptors (Lipinski definition) is 6. The van der Waals surface area contributed by atoms with Crippen molar-refractivity contribution in [2.24, 2.45) is 0 Å². The minimum absolute atomic E-state index is 0.266. The van der Waals surface area contributed by atoms with Crippen LogP contribution in [0.25, 0.3) is 11.0 Å². The number of nitrogens with one attached hydrogen (secondary N) is 1. The van der Waals surface area contributed by atoms with E-state index in [9.17, 15) is 9.59 Å². The fraction of sp³-hybridized carbons (Fsp3) is 0.375. The summed E-state index contributed by atoms with van der Waals surface area (Å²) in [5, 5.41) is 9.78. The zero-order chi connectivity index (χ0) is 23.6. The minimum Gasteiger partial charge on any atom is -0.444 e. The van der Waals surface area contributed by atoms with Gasteiger partial charge in [-0.3, -0.25) is 10.0 Å². The normalized spacial score (nSPS) is 14.4. The van der Waals surface area contributed by atoms with Gasteiger partial charge in [0.1, 0.15) is 11.2 Å². The summed E-state index contributed by atoms with van der Waals surface area (Å²) < 4.78 is 7.53. The molecule has 0 spiro atoms. The van der Waals surface area contributed by atoms with Gasteiger partial charge in [0.15, 0.2) is 0 Å². The second kappa shape index (κ2) is 9.11. The number of carbonyl (C=O) groups excluding carboxylic acids is 2. The van der Waals surface area contributed by atoms with Gasteiger partial charge in [-0.2, -0.15) is 0 Å². The molecule has 0 bridgehead atoms. The average Bonchev–Trinajstić information content (AvgIpc) is 3.20. The summed E-state index contributed by atoms with van der Waals surface area (Å²) in [6.07, 6.45) is 3.60. The van der Waals surface area contributed by atoms with Crippen molar-refractivity contribution in [3.63, 3.8) is 0 Å². The molecule has 2 aromatic heterocycles. The first-order chi connectivity index (χ1) is 15.7. The number of fused-ring (bicyclic) bond motifs is 1. The number of aromatic nitrogens is 2. The van der Waals surface area contributed by atoms with Crippen molar-refractivity contribution in [3.05, 3.63) is 59.9 Å². The van der Waals surface area contributed by atoms with Gasteiger partial charge in [0.25, 0.3) is 5.91 Å². The molecule has 0 unspecified atom stereocenters. The third-order valence-corrected chi connectivity index (χ3v) is 5.55. The van der Waals surface area contributed by atoms with Gasteiger partial charge in [0, 0.05) is 49.9 Å². The maximum Gasteiger partial charge on any atom is 0.410 e. The van der Waals surface area contributed by atoms with Gasteiger partial charge in [-0.1, -0.05) is 12.1 Å². The Labute approximate surface area is 192 Å². The second-order valence-corrected chi connectivity index (χ2v) is 9.14. The molecule has 1 saturated heterocycles. The maximum atomic E-state index is 12.3. The predicted molar refractivity (Wildman–Crippen MR) is 125 cm³/mol. The van der Waals surface area contributed by atoms with Crippen molar-refractivity contribution in [2.45, 2.75) is 32.9 Å². The van der Waals surface area contributed by atoms with Crippen LogP contribution >= 0.6 is 0 Å². The summed E-state index contributed by atoms with van der Waals surface area (Å²) in [4.78, 5) is 32.4. The highest BCUT2D eigenvalue weighted by Gasteiger charge is 2.26. The number of benzene rings is 1. The van der Waals surface area contributed by atoms with Crippen LogP contribution in [0.1, 0.15) is 36.7 Å². The largest absolute Gasteiger partial charge is 0.444 e. The molecule has 0 aliphatic carbocycles. The molecule has 3 heterocycles. The topological polar surface area (TPSA) is 99.9 Å². The Balaban J connectivity index is 1.41. The van der Waals surface area contributed by atoms with E-state index < -0.39 is 11.5 Å². The summed E-state index contributed by atoms with van der Waals surface area (Å²) in [7, 11) is 0. The number of ether oxygens (including phenoxy) is 1. The predicted octanol–water partition coefficient (Wildman–Crippen LogP) is 3.26. The van der Waals surface area contributed by atoms with Crippen LogP contribution in [0, 0.1) is 0 Å². The van der Waals surface area contributed by atoms with Gasteiger partial charge in [0.2, 0.25) is 0 Å². The number of nitrogens with zero attached hydrogens (tertiary/aromatic N) is 4. The Kier molecular flexibility index (Phi) is 6.24. The zero-order valence-corrected chi connectivity index (χ0v) is 19.1. The van der Waals surface area contributed by atoms with Crippen molar-refractivity contribution in [1.82, 2.24) is 19.9 Å². The highest BCUT2D eigenvalue weighted by molar-refractivity contribution is 5.93. The van der Waals surface area contributed by atoms with Gasteiger partial charge in [0.05, 0.1) is 11.9 Å². The van der Waals surface area contributed by atoms with Crippen molar-refractivity contribution in [3.8, 4) is 0 Å². The Morgan fingerprint density at radius 3 is 2.42 bits per heavy atom. The number of anilines is 1. The Morgan fingerprint density at radius 2 is 1.79 bits per heavy atom. The number of amides is 2. The van der Waals surface area contributed by atoms with Gasteiger partial charge in [-0.15, -0.1) is 0 Å². The van der Waals surface area contributed by atoms with Crippen LogP contribution < -0.4 is 10.4 Å². The van der Waals surface area contributed by atoms with E-state index in [-0.39, 0.29) is 6.09 Å². The van der Waals surface area contributed by atoms with E-state index in [1.807, 2.05) is 51.4 Å². The molecule has 4 rings (SSSR count). The summed E-state index contributed by atoms with van der Waals surface area (Å²) in [5.74, 6) is -0.533. The molecule has 1 aliphatic heterocycles. The molecule has 2 amide bonds. The molecule has 0 saturated carbocycles. The van der Waals surface area contributed by atoms with Crippen molar-refractivity contribution >= 4 is 28.7 Å². The number of hydrogen-bond donors (Lipinski definition) is 2. The van der Waals surface area contributed by atoms with Gasteiger partial charge >= 0.3 is 6.09 Å². The van der Waals surface area contributed by atoms with E-state index in [4.69, 9.17) is 14.9 Å². The quantitative estimate of drug-likeness (QED) is 0.467. The van der Waals surface area contributed by atoms with E-state index in [0.29, 0.717) is 25.2 Å².